The third-order valence-electron chi connectivity index (χ3n) is 2.12. The summed E-state index contributed by atoms with van der Waals surface area (Å²) in [7, 11) is 0. The Morgan fingerprint density at radius 2 is 2.07 bits per heavy atom. The molecule has 0 bridgehead atoms. The van der Waals surface area contributed by atoms with Crippen molar-refractivity contribution in [3.05, 3.63) is 28.5 Å². The predicted octanol–water partition coefficient (Wildman–Crippen LogP) is 2.81. The van der Waals surface area contributed by atoms with Gasteiger partial charge >= 0.3 is 0 Å². The predicted molar refractivity (Wildman–Crippen MR) is 63.2 cm³/mol. The molecule has 2 N–H and O–H groups in total. The fourth-order valence-electron chi connectivity index (χ4n) is 1.24. The van der Waals surface area contributed by atoms with Crippen molar-refractivity contribution in [3.63, 3.8) is 0 Å². The van der Waals surface area contributed by atoms with Crippen molar-refractivity contribution in [2.24, 2.45) is 0 Å². The zero-order valence-electron chi connectivity index (χ0n) is 9.03. The van der Waals surface area contributed by atoms with Crippen LogP contribution in [0.5, 0.6) is 0 Å². The van der Waals surface area contributed by atoms with E-state index in [-0.39, 0.29) is 5.82 Å². The molecule has 0 heterocycles. The van der Waals surface area contributed by atoms with E-state index in [1.54, 1.807) is 13.0 Å². The Bertz CT molecular complexity index is 329. The molecule has 4 heteroatoms. The van der Waals surface area contributed by atoms with E-state index in [1.165, 1.54) is 6.07 Å². The van der Waals surface area contributed by atoms with E-state index in [9.17, 15) is 4.39 Å². The lowest BCUT2D eigenvalue weighted by Gasteiger charge is -2.09. The zero-order valence-corrected chi connectivity index (χ0v) is 9.79. The Labute approximate surface area is 94.8 Å². The average molecular weight is 231 g/mol. The molecule has 0 unspecified atom stereocenters. The highest BCUT2D eigenvalue weighted by Gasteiger charge is 2.04. The number of nitrogens with one attached hydrogen (secondary N) is 2. The number of anilines is 1. The summed E-state index contributed by atoms with van der Waals surface area (Å²) in [6.07, 6.45) is 0. The van der Waals surface area contributed by atoms with E-state index < -0.39 is 0 Å². The molecule has 0 aliphatic carbocycles. The highest BCUT2D eigenvalue weighted by atomic mass is 35.5. The van der Waals surface area contributed by atoms with Gasteiger partial charge in [-0.05, 0) is 31.2 Å². The first kappa shape index (κ1) is 12.3. The van der Waals surface area contributed by atoms with E-state index in [0.29, 0.717) is 16.3 Å². The number of rotatable bonds is 5. The Morgan fingerprint density at radius 3 is 2.73 bits per heavy atom. The molecule has 0 fully saturated rings. The van der Waals surface area contributed by atoms with Crippen molar-refractivity contribution in [2.75, 3.05) is 25.0 Å². The van der Waals surface area contributed by atoms with E-state index in [1.807, 2.05) is 6.92 Å². The normalized spacial score (nSPS) is 10.4. The average Bonchev–Trinajstić information content (AvgIpc) is 2.20. The van der Waals surface area contributed by atoms with E-state index in [4.69, 9.17) is 11.6 Å². The van der Waals surface area contributed by atoms with Crippen LogP contribution in [0.3, 0.4) is 0 Å². The van der Waals surface area contributed by atoms with Crippen molar-refractivity contribution < 1.29 is 4.39 Å². The smallest absolute Gasteiger partial charge is 0.128 e. The van der Waals surface area contributed by atoms with Crippen molar-refractivity contribution in [1.82, 2.24) is 5.32 Å². The van der Waals surface area contributed by atoms with E-state index >= 15 is 0 Å². The molecule has 0 atom stereocenters. The van der Waals surface area contributed by atoms with Gasteiger partial charge in [0.2, 0.25) is 0 Å². The fourth-order valence-corrected chi connectivity index (χ4v) is 1.53. The fraction of sp³-hybridized carbons (Fsp3) is 0.455. The van der Waals surface area contributed by atoms with Crippen LogP contribution in [0.2, 0.25) is 5.02 Å². The molecular weight excluding hydrogens is 215 g/mol. The van der Waals surface area contributed by atoms with Crippen LogP contribution in [0, 0.1) is 12.7 Å². The van der Waals surface area contributed by atoms with Gasteiger partial charge in [-0.2, -0.15) is 0 Å². The van der Waals surface area contributed by atoms with E-state index in [0.717, 1.165) is 19.6 Å². The van der Waals surface area contributed by atoms with Crippen LogP contribution in [-0.4, -0.2) is 19.6 Å². The SMILES string of the molecule is CCNCCNc1cc(F)c(C)cc1Cl. The lowest BCUT2D eigenvalue weighted by Crippen LogP contribution is -2.21. The van der Waals surface area contributed by atoms with Crippen LogP contribution < -0.4 is 10.6 Å². The van der Waals surface area contributed by atoms with Gasteiger partial charge < -0.3 is 10.6 Å². The second kappa shape index (κ2) is 5.93. The van der Waals surface area contributed by atoms with E-state index in [2.05, 4.69) is 10.6 Å². The maximum absolute atomic E-state index is 13.2. The molecule has 15 heavy (non-hydrogen) atoms. The highest BCUT2D eigenvalue weighted by Crippen LogP contribution is 2.24. The lowest BCUT2D eigenvalue weighted by atomic mass is 10.2. The number of aryl methyl sites for hydroxylation is 1. The second-order valence-electron chi connectivity index (χ2n) is 3.36. The third kappa shape index (κ3) is 3.68. The van der Waals surface area contributed by atoms with Crippen LogP contribution in [0.15, 0.2) is 12.1 Å². The summed E-state index contributed by atoms with van der Waals surface area (Å²) in [4.78, 5) is 0. The Morgan fingerprint density at radius 1 is 1.33 bits per heavy atom. The monoisotopic (exact) mass is 230 g/mol. The number of halogens is 2. The summed E-state index contributed by atoms with van der Waals surface area (Å²) in [5.74, 6) is -0.231. The molecule has 1 rings (SSSR count). The van der Waals surface area contributed by atoms with Crippen LogP contribution in [0.4, 0.5) is 10.1 Å². The summed E-state index contributed by atoms with van der Waals surface area (Å²) in [5.41, 5.74) is 1.22. The second-order valence-corrected chi connectivity index (χ2v) is 3.77. The van der Waals surface area contributed by atoms with Gasteiger partial charge in [0.15, 0.2) is 0 Å². The van der Waals surface area contributed by atoms with Crippen molar-refractivity contribution in [3.8, 4) is 0 Å². The van der Waals surface area contributed by atoms with Gasteiger partial charge in [-0.3, -0.25) is 0 Å². The van der Waals surface area contributed by atoms with Gasteiger partial charge in [-0.1, -0.05) is 18.5 Å². The molecule has 0 amide bonds. The minimum Gasteiger partial charge on any atom is -0.382 e. The number of likely N-dealkylation sites (N-methyl/N-ethyl adjacent to an activating group) is 1. The number of hydrogen-bond acceptors (Lipinski definition) is 2. The number of benzene rings is 1. The molecule has 2 nitrogen and oxygen atoms in total. The standard InChI is InChI=1S/C11H16ClFN2/c1-3-14-4-5-15-11-7-10(13)8(2)6-9(11)12/h6-7,14-15H,3-5H2,1-2H3. The largest absolute Gasteiger partial charge is 0.382 e. The molecule has 0 spiro atoms. The van der Waals surface area contributed by atoms with Crippen molar-refractivity contribution in [1.29, 1.82) is 0 Å². The van der Waals surface area contributed by atoms with Gasteiger partial charge in [0.25, 0.3) is 0 Å². The zero-order chi connectivity index (χ0) is 11.3. The van der Waals surface area contributed by atoms with Crippen LogP contribution in [0.25, 0.3) is 0 Å². The Hall–Kier alpha value is -0.800. The molecule has 0 saturated carbocycles. The third-order valence-corrected chi connectivity index (χ3v) is 2.43. The minimum atomic E-state index is -0.231. The van der Waals surface area contributed by atoms with Gasteiger partial charge in [0.1, 0.15) is 5.82 Å². The van der Waals surface area contributed by atoms with Crippen molar-refractivity contribution in [2.45, 2.75) is 13.8 Å². The lowest BCUT2D eigenvalue weighted by molar-refractivity contribution is 0.619. The highest BCUT2D eigenvalue weighted by molar-refractivity contribution is 6.33. The van der Waals surface area contributed by atoms with Gasteiger partial charge in [-0.15, -0.1) is 0 Å². The first-order valence-corrected chi connectivity index (χ1v) is 5.43. The molecule has 1 aromatic rings. The summed E-state index contributed by atoms with van der Waals surface area (Å²) >= 11 is 5.96. The molecule has 0 saturated heterocycles. The van der Waals surface area contributed by atoms with Crippen LogP contribution in [-0.2, 0) is 0 Å². The van der Waals surface area contributed by atoms with Crippen LogP contribution in [0.1, 0.15) is 12.5 Å². The first-order chi connectivity index (χ1) is 7.15. The maximum Gasteiger partial charge on any atom is 0.128 e. The van der Waals surface area contributed by atoms with Gasteiger partial charge in [0.05, 0.1) is 10.7 Å². The molecule has 0 aliphatic rings. The summed E-state index contributed by atoms with van der Waals surface area (Å²) in [5, 5.41) is 6.81. The Kier molecular flexibility index (Phi) is 4.85. The van der Waals surface area contributed by atoms with Gasteiger partial charge in [-0.25, -0.2) is 4.39 Å². The van der Waals surface area contributed by atoms with Crippen LogP contribution >= 0.6 is 11.6 Å². The molecule has 0 aliphatic heterocycles. The maximum atomic E-state index is 13.2. The number of hydrogen-bond donors (Lipinski definition) is 2. The molecule has 1 aromatic carbocycles. The van der Waals surface area contributed by atoms with Gasteiger partial charge in [0, 0.05) is 13.1 Å². The quantitative estimate of drug-likeness (QED) is 0.761. The summed E-state index contributed by atoms with van der Waals surface area (Å²) in [6.45, 7) is 6.23. The molecule has 84 valence electrons. The van der Waals surface area contributed by atoms with Crippen molar-refractivity contribution >= 4 is 17.3 Å². The molecule has 0 radical (unpaired) electrons. The topological polar surface area (TPSA) is 24.1 Å². The molecular formula is C11H16ClFN2. The summed E-state index contributed by atoms with van der Waals surface area (Å²) in [6, 6.07) is 3.07. The Balaban J connectivity index is 2.57. The molecule has 0 aromatic heterocycles. The minimum absolute atomic E-state index is 0.231. The summed E-state index contributed by atoms with van der Waals surface area (Å²) < 4.78 is 13.2. The first-order valence-electron chi connectivity index (χ1n) is 5.05.